The van der Waals surface area contributed by atoms with Crippen molar-refractivity contribution in [2.45, 2.75) is 18.7 Å². The van der Waals surface area contributed by atoms with E-state index in [1.54, 1.807) is 49.4 Å². The van der Waals surface area contributed by atoms with Crippen LogP contribution in [0.5, 0.6) is 0 Å². The van der Waals surface area contributed by atoms with E-state index in [4.69, 9.17) is 11.6 Å². The van der Waals surface area contributed by atoms with Gasteiger partial charge >= 0.3 is 0 Å². The van der Waals surface area contributed by atoms with Crippen molar-refractivity contribution in [1.29, 1.82) is 0 Å². The van der Waals surface area contributed by atoms with Crippen LogP contribution in [0.4, 0.5) is 5.69 Å². The van der Waals surface area contributed by atoms with E-state index in [0.717, 1.165) is 9.87 Å². The van der Waals surface area contributed by atoms with E-state index in [9.17, 15) is 13.2 Å². The number of amides is 1. The smallest absolute Gasteiger partial charge is 0.243 e. The van der Waals surface area contributed by atoms with Crippen molar-refractivity contribution in [2.75, 3.05) is 18.9 Å². The fraction of sp³-hybridized carbons (Fsp3) is 0.235. The molecular weight excluding hydrogens is 348 g/mol. The lowest BCUT2D eigenvalue weighted by molar-refractivity contribution is -0.116. The average Bonchev–Trinajstić information content (AvgIpc) is 2.49. The number of carbonyl (C=O) groups excluding carboxylic acids is 1. The molecule has 0 radical (unpaired) electrons. The van der Waals surface area contributed by atoms with Gasteiger partial charge in [0.2, 0.25) is 15.9 Å². The molecule has 0 atom stereocenters. The molecule has 2 aromatic carbocycles. The van der Waals surface area contributed by atoms with Crippen molar-refractivity contribution in [2.24, 2.45) is 0 Å². The number of aryl methyl sites for hydroxylation is 2. The van der Waals surface area contributed by atoms with Crippen LogP contribution < -0.4 is 5.32 Å². The van der Waals surface area contributed by atoms with Crippen molar-refractivity contribution in [3.05, 3.63) is 58.6 Å². The molecule has 0 heterocycles. The Hall–Kier alpha value is -1.89. The highest BCUT2D eigenvalue weighted by atomic mass is 35.5. The summed E-state index contributed by atoms with van der Waals surface area (Å²) in [5, 5.41) is 3.20. The molecule has 5 nitrogen and oxygen atoms in total. The van der Waals surface area contributed by atoms with Gasteiger partial charge in [0.1, 0.15) is 0 Å². The number of hydrogen-bond acceptors (Lipinski definition) is 3. The summed E-state index contributed by atoms with van der Waals surface area (Å²) in [6, 6.07) is 11.7. The number of halogens is 1. The Kier molecular flexibility index (Phi) is 5.64. The third kappa shape index (κ3) is 4.35. The van der Waals surface area contributed by atoms with Crippen LogP contribution in [0.15, 0.2) is 47.4 Å². The maximum Gasteiger partial charge on any atom is 0.243 e. The molecule has 0 unspecified atom stereocenters. The largest absolute Gasteiger partial charge is 0.325 e. The van der Waals surface area contributed by atoms with Gasteiger partial charge in [0.25, 0.3) is 0 Å². The minimum absolute atomic E-state index is 0.204. The first-order valence-corrected chi connectivity index (χ1v) is 9.11. The van der Waals surface area contributed by atoms with Gasteiger partial charge in [0, 0.05) is 17.8 Å². The molecule has 1 amide bonds. The number of anilines is 1. The predicted molar refractivity (Wildman–Crippen MR) is 95.8 cm³/mol. The highest BCUT2D eigenvalue weighted by molar-refractivity contribution is 7.89. The third-order valence-electron chi connectivity index (χ3n) is 3.51. The maximum absolute atomic E-state index is 12.6. The second-order valence-electron chi connectivity index (χ2n) is 5.59. The molecular formula is C17H19ClN2O3S. The summed E-state index contributed by atoms with van der Waals surface area (Å²) in [7, 11) is -2.34. The van der Waals surface area contributed by atoms with Gasteiger partial charge in [0.05, 0.1) is 11.4 Å². The molecule has 0 fully saturated rings. The number of rotatable bonds is 5. The molecule has 0 aliphatic heterocycles. The minimum Gasteiger partial charge on any atom is -0.325 e. The zero-order valence-corrected chi connectivity index (χ0v) is 15.3. The van der Waals surface area contributed by atoms with Crippen LogP contribution >= 0.6 is 11.6 Å². The monoisotopic (exact) mass is 366 g/mol. The Balaban J connectivity index is 2.11. The number of benzene rings is 2. The van der Waals surface area contributed by atoms with Gasteiger partial charge in [-0.15, -0.1) is 0 Å². The topological polar surface area (TPSA) is 66.5 Å². The van der Waals surface area contributed by atoms with E-state index < -0.39 is 15.9 Å². The van der Waals surface area contributed by atoms with Crippen molar-refractivity contribution in [3.63, 3.8) is 0 Å². The summed E-state index contributed by atoms with van der Waals surface area (Å²) in [5.74, 6) is -0.423. The fourth-order valence-corrected chi connectivity index (χ4v) is 3.73. The quantitative estimate of drug-likeness (QED) is 0.883. The molecule has 0 spiro atoms. The van der Waals surface area contributed by atoms with Crippen molar-refractivity contribution in [3.8, 4) is 0 Å². The minimum atomic E-state index is -3.73. The Morgan fingerprint density at radius 3 is 2.33 bits per heavy atom. The molecule has 0 bridgehead atoms. The van der Waals surface area contributed by atoms with Crippen LogP contribution in [-0.4, -0.2) is 32.2 Å². The van der Waals surface area contributed by atoms with Crippen molar-refractivity contribution >= 4 is 33.2 Å². The van der Waals surface area contributed by atoms with E-state index >= 15 is 0 Å². The van der Waals surface area contributed by atoms with E-state index in [1.165, 1.54) is 7.05 Å². The van der Waals surface area contributed by atoms with Gasteiger partial charge in [-0.05, 0) is 49.7 Å². The summed E-state index contributed by atoms with van der Waals surface area (Å²) >= 11 is 5.79. The van der Waals surface area contributed by atoms with Crippen LogP contribution in [0.1, 0.15) is 11.1 Å². The molecule has 0 aliphatic rings. The number of nitrogens with one attached hydrogen (secondary N) is 1. The summed E-state index contributed by atoms with van der Waals surface area (Å²) < 4.78 is 26.3. The van der Waals surface area contributed by atoms with Crippen LogP contribution in [-0.2, 0) is 14.8 Å². The first kappa shape index (κ1) is 18.4. The number of carbonyl (C=O) groups is 1. The molecule has 1 N–H and O–H groups in total. The van der Waals surface area contributed by atoms with Gasteiger partial charge in [-0.25, -0.2) is 8.42 Å². The molecule has 24 heavy (non-hydrogen) atoms. The van der Waals surface area contributed by atoms with E-state index in [2.05, 4.69) is 5.32 Å². The summed E-state index contributed by atoms with van der Waals surface area (Å²) in [5.41, 5.74) is 2.19. The zero-order chi connectivity index (χ0) is 17.9. The highest BCUT2D eigenvalue weighted by Crippen LogP contribution is 2.20. The van der Waals surface area contributed by atoms with E-state index in [1.807, 2.05) is 6.92 Å². The summed E-state index contributed by atoms with van der Waals surface area (Å²) in [6.07, 6.45) is 0. The number of likely N-dealkylation sites (N-methyl/N-ethyl adjacent to an activating group) is 1. The Labute approximate surface area is 147 Å². The fourth-order valence-electron chi connectivity index (χ4n) is 2.28. The van der Waals surface area contributed by atoms with Gasteiger partial charge in [0.15, 0.2) is 0 Å². The molecule has 2 rings (SSSR count). The lowest BCUT2D eigenvalue weighted by atomic mass is 10.2. The lowest BCUT2D eigenvalue weighted by Crippen LogP contribution is -2.35. The Bertz CT molecular complexity index is 849. The first-order valence-electron chi connectivity index (χ1n) is 7.29. The average molecular weight is 367 g/mol. The SMILES string of the molecule is Cc1ccc(S(=O)(=O)N(C)CC(=O)Nc2ccc(Cl)cc2)c(C)c1. The standard InChI is InChI=1S/C17H19ClN2O3S/c1-12-4-9-16(13(2)10-12)24(22,23)20(3)11-17(21)19-15-7-5-14(18)6-8-15/h4-10H,11H2,1-3H3,(H,19,21). The maximum atomic E-state index is 12.6. The second-order valence-corrected chi connectivity index (χ2v) is 8.03. The predicted octanol–water partition coefficient (Wildman–Crippen LogP) is 3.22. The molecule has 0 saturated carbocycles. The van der Waals surface area contributed by atoms with Gasteiger partial charge in [-0.2, -0.15) is 4.31 Å². The van der Waals surface area contributed by atoms with Gasteiger partial charge in [-0.3, -0.25) is 4.79 Å². The highest BCUT2D eigenvalue weighted by Gasteiger charge is 2.24. The van der Waals surface area contributed by atoms with Crippen LogP contribution in [0, 0.1) is 13.8 Å². The normalized spacial score (nSPS) is 11.5. The number of hydrogen-bond donors (Lipinski definition) is 1. The second kappa shape index (κ2) is 7.34. The van der Waals surface area contributed by atoms with Crippen molar-refractivity contribution < 1.29 is 13.2 Å². The number of sulfonamides is 1. The van der Waals surface area contributed by atoms with Crippen LogP contribution in [0.3, 0.4) is 0 Å². The Morgan fingerprint density at radius 2 is 1.75 bits per heavy atom. The first-order chi connectivity index (χ1) is 11.2. The van der Waals surface area contributed by atoms with Gasteiger partial charge in [-0.1, -0.05) is 29.3 Å². The molecule has 2 aromatic rings. The Morgan fingerprint density at radius 1 is 1.12 bits per heavy atom. The van der Waals surface area contributed by atoms with Crippen LogP contribution in [0.25, 0.3) is 0 Å². The number of nitrogens with zero attached hydrogens (tertiary/aromatic N) is 1. The van der Waals surface area contributed by atoms with Gasteiger partial charge < -0.3 is 5.32 Å². The van der Waals surface area contributed by atoms with Crippen molar-refractivity contribution in [1.82, 2.24) is 4.31 Å². The summed E-state index contributed by atoms with van der Waals surface area (Å²) in [6.45, 7) is 3.35. The molecule has 0 saturated heterocycles. The molecule has 7 heteroatoms. The lowest BCUT2D eigenvalue weighted by Gasteiger charge is -2.18. The molecule has 0 aliphatic carbocycles. The third-order valence-corrected chi connectivity index (χ3v) is 5.73. The summed E-state index contributed by atoms with van der Waals surface area (Å²) in [4.78, 5) is 12.3. The zero-order valence-electron chi connectivity index (χ0n) is 13.7. The van der Waals surface area contributed by atoms with Crippen LogP contribution in [0.2, 0.25) is 5.02 Å². The van der Waals surface area contributed by atoms with E-state index in [-0.39, 0.29) is 11.4 Å². The van der Waals surface area contributed by atoms with E-state index in [0.29, 0.717) is 16.3 Å². The molecule has 0 aromatic heterocycles. The molecule has 128 valence electrons.